The van der Waals surface area contributed by atoms with E-state index in [2.05, 4.69) is 22.4 Å². The number of nitrogens with zero attached hydrogens (tertiary/aromatic N) is 3. The smallest absolute Gasteiger partial charge is 0.203 e. The first-order chi connectivity index (χ1) is 11.8. The summed E-state index contributed by atoms with van der Waals surface area (Å²) in [6, 6.07) is 13.8. The molecule has 0 atom stereocenters. The molecule has 6 nitrogen and oxygen atoms in total. The monoisotopic (exact) mass is 325 g/mol. The first-order valence-electron chi connectivity index (χ1n) is 7.50. The van der Waals surface area contributed by atoms with E-state index in [0.29, 0.717) is 29.5 Å². The maximum Gasteiger partial charge on any atom is 0.203 e. The third kappa shape index (κ3) is 3.03. The van der Waals surface area contributed by atoms with Gasteiger partial charge in [-0.1, -0.05) is 35.5 Å². The number of methoxy groups -OCH3 is 3. The van der Waals surface area contributed by atoms with Crippen LogP contribution in [0.4, 0.5) is 0 Å². The molecule has 1 heterocycles. The quantitative estimate of drug-likeness (QED) is 0.697. The van der Waals surface area contributed by atoms with Crippen molar-refractivity contribution in [2.24, 2.45) is 0 Å². The molecular formula is C18H19N3O3. The molecule has 3 aromatic rings. The zero-order valence-corrected chi connectivity index (χ0v) is 13.9. The Morgan fingerprint density at radius 1 is 0.875 bits per heavy atom. The largest absolute Gasteiger partial charge is 0.493 e. The average molecular weight is 325 g/mol. The highest BCUT2D eigenvalue weighted by Crippen LogP contribution is 2.43. The number of rotatable bonds is 6. The SMILES string of the molecule is COc1ccc(-c2cn(Cc3ccccc3)nn2)c(OC)c1OC. The van der Waals surface area contributed by atoms with Crippen LogP contribution in [0.15, 0.2) is 48.7 Å². The summed E-state index contributed by atoms with van der Waals surface area (Å²) in [6.45, 7) is 0.656. The van der Waals surface area contributed by atoms with Gasteiger partial charge >= 0.3 is 0 Å². The lowest BCUT2D eigenvalue weighted by Crippen LogP contribution is -1.99. The number of ether oxygens (including phenoxy) is 3. The average Bonchev–Trinajstić information content (AvgIpc) is 3.09. The molecule has 0 saturated heterocycles. The molecule has 24 heavy (non-hydrogen) atoms. The van der Waals surface area contributed by atoms with Crippen molar-refractivity contribution in [1.82, 2.24) is 15.0 Å². The maximum atomic E-state index is 5.51. The molecule has 0 unspecified atom stereocenters. The normalized spacial score (nSPS) is 10.5. The minimum Gasteiger partial charge on any atom is -0.493 e. The van der Waals surface area contributed by atoms with E-state index in [-0.39, 0.29) is 0 Å². The van der Waals surface area contributed by atoms with Crippen molar-refractivity contribution in [3.8, 4) is 28.5 Å². The predicted octanol–water partition coefficient (Wildman–Crippen LogP) is 3.02. The summed E-state index contributed by atoms with van der Waals surface area (Å²) in [6.07, 6.45) is 1.89. The molecule has 0 aliphatic carbocycles. The Kier molecular flexibility index (Phi) is 4.65. The van der Waals surface area contributed by atoms with Gasteiger partial charge < -0.3 is 14.2 Å². The first-order valence-corrected chi connectivity index (χ1v) is 7.50. The zero-order chi connectivity index (χ0) is 16.9. The van der Waals surface area contributed by atoms with E-state index in [9.17, 15) is 0 Å². The van der Waals surface area contributed by atoms with Gasteiger partial charge in [-0.05, 0) is 17.7 Å². The summed E-state index contributed by atoms with van der Waals surface area (Å²) >= 11 is 0. The summed E-state index contributed by atoms with van der Waals surface area (Å²) in [4.78, 5) is 0. The first kappa shape index (κ1) is 15.9. The van der Waals surface area contributed by atoms with Crippen LogP contribution in [0.3, 0.4) is 0 Å². The molecule has 3 rings (SSSR count). The number of aromatic nitrogens is 3. The summed E-state index contributed by atoms with van der Waals surface area (Å²) in [7, 11) is 4.76. The minimum atomic E-state index is 0.537. The van der Waals surface area contributed by atoms with Gasteiger partial charge in [0, 0.05) is 5.56 Å². The Morgan fingerprint density at radius 2 is 1.62 bits per heavy atom. The molecule has 0 bridgehead atoms. The number of benzene rings is 2. The molecule has 1 aromatic heterocycles. The lowest BCUT2D eigenvalue weighted by molar-refractivity contribution is 0.325. The van der Waals surface area contributed by atoms with E-state index in [4.69, 9.17) is 14.2 Å². The fourth-order valence-electron chi connectivity index (χ4n) is 2.57. The molecule has 0 N–H and O–H groups in total. The molecular weight excluding hydrogens is 306 g/mol. The lowest BCUT2D eigenvalue weighted by atomic mass is 10.1. The Morgan fingerprint density at radius 3 is 2.29 bits per heavy atom. The Bertz CT molecular complexity index is 816. The van der Waals surface area contributed by atoms with Crippen LogP contribution in [0.5, 0.6) is 17.2 Å². The van der Waals surface area contributed by atoms with Crippen molar-refractivity contribution >= 4 is 0 Å². The van der Waals surface area contributed by atoms with Gasteiger partial charge in [0.05, 0.1) is 34.1 Å². The second kappa shape index (κ2) is 7.04. The molecule has 0 aliphatic rings. The van der Waals surface area contributed by atoms with E-state index in [1.807, 2.05) is 36.5 Å². The van der Waals surface area contributed by atoms with Crippen LogP contribution in [0.25, 0.3) is 11.3 Å². The van der Waals surface area contributed by atoms with Crippen LogP contribution in [0.1, 0.15) is 5.56 Å². The van der Waals surface area contributed by atoms with Gasteiger partial charge in [0.15, 0.2) is 11.5 Å². The standard InChI is InChI=1S/C18H19N3O3/c1-22-16-10-9-14(17(23-2)18(16)24-3)15-12-21(20-19-15)11-13-7-5-4-6-8-13/h4-10,12H,11H2,1-3H3. The molecule has 0 saturated carbocycles. The Labute approximate surface area is 140 Å². The van der Waals surface area contributed by atoms with Crippen LogP contribution < -0.4 is 14.2 Å². The van der Waals surface area contributed by atoms with E-state index in [0.717, 1.165) is 11.1 Å². The van der Waals surface area contributed by atoms with Gasteiger partial charge in [0.1, 0.15) is 5.69 Å². The van der Waals surface area contributed by atoms with E-state index in [1.165, 1.54) is 0 Å². The van der Waals surface area contributed by atoms with Gasteiger partial charge in [0.2, 0.25) is 5.75 Å². The van der Waals surface area contributed by atoms with Crippen LogP contribution in [0.2, 0.25) is 0 Å². The van der Waals surface area contributed by atoms with Crippen LogP contribution >= 0.6 is 0 Å². The van der Waals surface area contributed by atoms with Gasteiger partial charge in [-0.25, -0.2) is 4.68 Å². The molecule has 2 aromatic carbocycles. The number of hydrogen-bond acceptors (Lipinski definition) is 5. The molecule has 0 amide bonds. The van der Waals surface area contributed by atoms with Crippen molar-refractivity contribution in [1.29, 1.82) is 0 Å². The summed E-state index contributed by atoms with van der Waals surface area (Å²) < 4.78 is 18.0. The molecule has 0 radical (unpaired) electrons. The van der Waals surface area contributed by atoms with Crippen molar-refractivity contribution in [3.63, 3.8) is 0 Å². The zero-order valence-electron chi connectivity index (χ0n) is 13.9. The van der Waals surface area contributed by atoms with E-state index < -0.39 is 0 Å². The fraction of sp³-hybridized carbons (Fsp3) is 0.222. The topological polar surface area (TPSA) is 58.4 Å². The van der Waals surface area contributed by atoms with Crippen molar-refractivity contribution in [2.45, 2.75) is 6.54 Å². The molecule has 6 heteroatoms. The summed E-state index contributed by atoms with van der Waals surface area (Å²) in [5, 5.41) is 8.46. The highest BCUT2D eigenvalue weighted by atomic mass is 16.5. The minimum absolute atomic E-state index is 0.537. The van der Waals surface area contributed by atoms with Crippen LogP contribution in [-0.2, 0) is 6.54 Å². The third-order valence-corrected chi connectivity index (χ3v) is 3.71. The second-order valence-electron chi connectivity index (χ2n) is 5.17. The molecule has 124 valence electrons. The maximum absolute atomic E-state index is 5.51. The summed E-state index contributed by atoms with van der Waals surface area (Å²) in [5.74, 6) is 1.72. The van der Waals surface area contributed by atoms with Crippen molar-refractivity contribution < 1.29 is 14.2 Å². The molecule has 0 aliphatic heterocycles. The summed E-state index contributed by atoms with van der Waals surface area (Å²) in [5.41, 5.74) is 2.67. The van der Waals surface area contributed by atoms with Gasteiger partial charge in [-0.2, -0.15) is 0 Å². The van der Waals surface area contributed by atoms with Crippen molar-refractivity contribution in [3.05, 3.63) is 54.2 Å². The van der Waals surface area contributed by atoms with E-state index in [1.54, 1.807) is 26.0 Å². The van der Waals surface area contributed by atoms with Gasteiger partial charge in [-0.3, -0.25) is 0 Å². The third-order valence-electron chi connectivity index (χ3n) is 3.71. The fourth-order valence-corrected chi connectivity index (χ4v) is 2.57. The van der Waals surface area contributed by atoms with Crippen LogP contribution in [0, 0.1) is 0 Å². The Balaban J connectivity index is 1.95. The molecule has 0 fully saturated rings. The highest BCUT2D eigenvalue weighted by Gasteiger charge is 2.19. The van der Waals surface area contributed by atoms with Gasteiger partial charge in [-0.15, -0.1) is 5.10 Å². The van der Waals surface area contributed by atoms with Gasteiger partial charge in [0.25, 0.3) is 0 Å². The van der Waals surface area contributed by atoms with Crippen LogP contribution in [-0.4, -0.2) is 36.3 Å². The van der Waals surface area contributed by atoms with Crippen molar-refractivity contribution in [2.75, 3.05) is 21.3 Å². The lowest BCUT2D eigenvalue weighted by Gasteiger charge is -2.14. The second-order valence-corrected chi connectivity index (χ2v) is 5.17. The van der Waals surface area contributed by atoms with E-state index >= 15 is 0 Å². The molecule has 0 spiro atoms. The number of hydrogen-bond donors (Lipinski definition) is 0. The Hall–Kier alpha value is -3.02. The highest BCUT2D eigenvalue weighted by molar-refractivity contribution is 5.73. The predicted molar refractivity (Wildman–Crippen MR) is 90.7 cm³/mol.